The van der Waals surface area contributed by atoms with Gasteiger partial charge in [0.1, 0.15) is 12.1 Å². The summed E-state index contributed by atoms with van der Waals surface area (Å²) < 4.78 is 12.3. The number of amides is 1. The van der Waals surface area contributed by atoms with Crippen molar-refractivity contribution in [2.75, 3.05) is 30.4 Å². The lowest BCUT2D eigenvalue weighted by molar-refractivity contribution is -0.140. The molecule has 0 atom stereocenters. The van der Waals surface area contributed by atoms with Gasteiger partial charge in [-0.2, -0.15) is 0 Å². The van der Waals surface area contributed by atoms with E-state index in [0.29, 0.717) is 18.0 Å². The third kappa shape index (κ3) is 4.66. The van der Waals surface area contributed by atoms with Gasteiger partial charge in [0.15, 0.2) is 5.69 Å². The molecular weight excluding hydrogens is 460 g/mol. The molecule has 10 nitrogen and oxygen atoms in total. The van der Waals surface area contributed by atoms with Crippen LogP contribution in [0.25, 0.3) is 22.5 Å². The smallest absolute Gasteiger partial charge is 0.305 e. The first-order chi connectivity index (χ1) is 17.4. The summed E-state index contributed by atoms with van der Waals surface area (Å²) in [7, 11) is 3.29. The second kappa shape index (κ2) is 9.80. The van der Waals surface area contributed by atoms with Crippen molar-refractivity contribution < 1.29 is 18.7 Å². The molecule has 0 radical (unpaired) electrons. The van der Waals surface area contributed by atoms with Crippen LogP contribution in [0.15, 0.2) is 41.1 Å². The minimum absolute atomic E-state index is 0.190. The molecule has 1 aliphatic rings. The lowest BCUT2D eigenvalue weighted by Crippen LogP contribution is -2.21. The topological polar surface area (TPSA) is 115 Å². The molecule has 1 amide bonds. The average molecular weight is 489 g/mol. The lowest BCUT2D eigenvalue weighted by atomic mass is 10.2. The van der Waals surface area contributed by atoms with Crippen LogP contribution in [-0.4, -0.2) is 51.6 Å². The van der Waals surface area contributed by atoms with Gasteiger partial charge in [0.2, 0.25) is 5.89 Å². The fourth-order valence-corrected chi connectivity index (χ4v) is 4.51. The van der Waals surface area contributed by atoms with E-state index in [2.05, 4.69) is 20.2 Å². The zero-order chi connectivity index (χ0) is 25.2. The molecule has 5 rings (SSSR count). The van der Waals surface area contributed by atoms with Crippen LogP contribution in [0.4, 0.5) is 11.4 Å². The van der Waals surface area contributed by atoms with Crippen molar-refractivity contribution >= 4 is 34.3 Å². The summed E-state index contributed by atoms with van der Waals surface area (Å²) in [6.45, 7) is 3.70. The van der Waals surface area contributed by atoms with Gasteiger partial charge < -0.3 is 23.9 Å². The highest BCUT2D eigenvalue weighted by atomic mass is 16.5. The van der Waals surface area contributed by atoms with Crippen LogP contribution in [0.2, 0.25) is 0 Å². The standard InChI is InChI=1S/C26H28N6O4/c1-16-12-17(8-9-27-16)26-30-20(15-36-26)25(34)29-19-13-21-18(14-22(19)32-10-4-5-11-32)28-23(31(21)2)6-7-24(33)35-3/h8-9,12-15H,4-7,10-11H2,1-3H3,(H,29,34). The maximum Gasteiger partial charge on any atom is 0.305 e. The summed E-state index contributed by atoms with van der Waals surface area (Å²) in [6, 6.07) is 7.59. The van der Waals surface area contributed by atoms with Gasteiger partial charge in [0, 0.05) is 44.0 Å². The minimum Gasteiger partial charge on any atom is -0.469 e. The monoisotopic (exact) mass is 488 g/mol. The molecule has 3 aromatic heterocycles. The molecule has 1 fully saturated rings. The molecule has 4 aromatic rings. The van der Waals surface area contributed by atoms with Crippen LogP contribution >= 0.6 is 0 Å². The molecule has 0 saturated carbocycles. The number of aromatic nitrogens is 4. The number of methoxy groups -OCH3 is 1. The van der Waals surface area contributed by atoms with Crippen molar-refractivity contribution in [3.63, 3.8) is 0 Å². The maximum atomic E-state index is 13.2. The lowest BCUT2D eigenvalue weighted by Gasteiger charge is -2.21. The Morgan fingerprint density at radius 1 is 1.17 bits per heavy atom. The van der Waals surface area contributed by atoms with Gasteiger partial charge in [-0.15, -0.1) is 0 Å². The summed E-state index contributed by atoms with van der Waals surface area (Å²) in [5.74, 6) is 0.508. The predicted molar refractivity (Wildman–Crippen MR) is 135 cm³/mol. The number of fused-ring (bicyclic) bond motifs is 1. The number of rotatable bonds is 7. The van der Waals surface area contributed by atoms with E-state index in [1.807, 2.05) is 36.7 Å². The van der Waals surface area contributed by atoms with E-state index < -0.39 is 0 Å². The van der Waals surface area contributed by atoms with E-state index in [1.54, 1.807) is 12.3 Å². The number of carbonyl (C=O) groups is 2. The summed E-state index contributed by atoms with van der Waals surface area (Å²) in [5.41, 5.74) is 5.06. The molecule has 0 spiro atoms. The summed E-state index contributed by atoms with van der Waals surface area (Å²) in [6.07, 6.45) is 5.95. The Labute approximate surface area is 208 Å². The predicted octanol–water partition coefficient (Wildman–Crippen LogP) is 3.89. The molecule has 1 aliphatic heterocycles. The summed E-state index contributed by atoms with van der Waals surface area (Å²) in [4.78, 5) is 40.4. The third-order valence-corrected chi connectivity index (χ3v) is 6.45. The Balaban J connectivity index is 1.46. The zero-order valence-electron chi connectivity index (χ0n) is 20.6. The van der Waals surface area contributed by atoms with Crippen LogP contribution in [0.5, 0.6) is 0 Å². The Kier molecular flexibility index (Phi) is 6.41. The molecule has 10 heteroatoms. The number of hydrogen-bond acceptors (Lipinski definition) is 8. The van der Waals surface area contributed by atoms with E-state index in [9.17, 15) is 9.59 Å². The number of imidazole rings is 1. The molecule has 1 aromatic carbocycles. The Hall–Kier alpha value is -4.21. The number of ether oxygens (including phenoxy) is 1. The first-order valence-electron chi connectivity index (χ1n) is 11.9. The van der Waals surface area contributed by atoms with Gasteiger partial charge in [-0.25, -0.2) is 9.97 Å². The number of nitrogens with zero attached hydrogens (tertiary/aromatic N) is 5. The van der Waals surface area contributed by atoms with Crippen LogP contribution in [0.1, 0.15) is 41.3 Å². The van der Waals surface area contributed by atoms with E-state index >= 15 is 0 Å². The van der Waals surface area contributed by atoms with Crippen molar-refractivity contribution in [2.45, 2.75) is 32.6 Å². The van der Waals surface area contributed by atoms with Gasteiger partial charge >= 0.3 is 5.97 Å². The van der Waals surface area contributed by atoms with Crippen molar-refractivity contribution in [3.05, 3.63) is 53.9 Å². The number of esters is 1. The van der Waals surface area contributed by atoms with Gasteiger partial charge in [0.25, 0.3) is 5.91 Å². The van der Waals surface area contributed by atoms with E-state index in [0.717, 1.165) is 59.7 Å². The highest BCUT2D eigenvalue weighted by Crippen LogP contribution is 2.34. The number of oxazole rings is 1. The first-order valence-corrected chi connectivity index (χ1v) is 11.9. The van der Waals surface area contributed by atoms with Crippen molar-refractivity contribution in [3.8, 4) is 11.5 Å². The van der Waals surface area contributed by atoms with Crippen LogP contribution < -0.4 is 10.2 Å². The zero-order valence-corrected chi connectivity index (χ0v) is 20.6. The highest BCUT2D eigenvalue weighted by molar-refractivity contribution is 6.06. The van der Waals surface area contributed by atoms with Crippen LogP contribution in [0, 0.1) is 6.92 Å². The Bertz CT molecular complexity index is 1430. The molecule has 0 aliphatic carbocycles. The summed E-state index contributed by atoms with van der Waals surface area (Å²) in [5, 5.41) is 3.04. The molecular formula is C26H28N6O4. The number of aryl methyl sites for hydroxylation is 3. The molecule has 186 valence electrons. The van der Waals surface area contributed by atoms with Crippen LogP contribution in [-0.2, 0) is 23.0 Å². The van der Waals surface area contributed by atoms with Crippen molar-refractivity contribution in [2.24, 2.45) is 7.05 Å². The third-order valence-electron chi connectivity index (χ3n) is 6.45. The van der Waals surface area contributed by atoms with E-state index in [1.165, 1.54) is 13.4 Å². The number of benzene rings is 1. The SMILES string of the molecule is COC(=O)CCc1nc2cc(N3CCCC3)c(NC(=O)c3coc(-c4ccnc(C)c4)n3)cc2n1C. The highest BCUT2D eigenvalue weighted by Gasteiger charge is 2.22. The minimum atomic E-state index is -0.358. The van der Waals surface area contributed by atoms with E-state index in [4.69, 9.17) is 14.1 Å². The molecule has 0 bridgehead atoms. The molecule has 0 unspecified atom stereocenters. The van der Waals surface area contributed by atoms with E-state index in [-0.39, 0.29) is 24.0 Å². The second-order valence-corrected chi connectivity index (χ2v) is 8.89. The van der Waals surface area contributed by atoms with Crippen molar-refractivity contribution in [1.29, 1.82) is 0 Å². The second-order valence-electron chi connectivity index (χ2n) is 8.89. The maximum absolute atomic E-state index is 13.2. The Morgan fingerprint density at radius 2 is 1.97 bits per heavy atom. The number of nitrogens with one attached hydrogen (secondary N) is 1. The Morgan fingerprint density at radius 3 is 2.72 bits per heavy atom. The fraction of sp³-hybridized carbons (Fsp3) is 0.346. The number of pyridine rings is 1. The quantitative estimate of drug-likeness (QED) is 0.390. The average Bonchev–Trinajstić information content (AvgIpc) is 3.63. The number of carbonyl (C=O) groups excluding carboxylic acids is 2. The molecule has 36 heavy (non-hydrogen) atoms. The molecule has 1 saturated heterocycles. The molecule has 1 N–H and O–H groups in total. The number of anilines is 2. The normalized spacial score (nSPS) is 13.4. The fourth-order valence-electron chi connectivity index (χ4n) is 4.51. The first kappa shape index (κ1) is 23.5. The largest absolute Gasteiger partial charge is 0.469 e. The van der Waals surface area contributed by atoms with Gasteiger partial charge in [-0.05, 0) is 44.0 Å². The summed E-state index contributed by atoms with van der Waals surface area (Å²) >= 11 is 0. The van der Waals surface area contributed by atoms with Gasteiger partial charge in [-0.3, -0.25) is 14.6 Å². The van der Waals surface area contributed by atoms with Crippen molar-refractivity contribution in [1.82, 2.24) is 19.5 Å². The molecule has 4 heterocycles. The number of hydrogen-bond donors (Lipinski definition) is 1. The van der Waals surface area contributed by atoms with Crippen LogP contribution in [0.3, 0.4) is 0 Å². The van der Waals surface area contributed by atoms with Gasteiger partial charge in [-0.1, -0.05) is 0 Å². The van der Waals surface area contributed by atoms with Gasteiger partial charge in [0.05, 0.1) is 35.9 Å².